The molecule has 2 rings (SSSR count). The van der Waals surface area contributed by atoms with Crippen LogP contribution in [0.5, 0.6) is 0 Å². The Kier molecular flexibility index (Phi) is 2.61. The minimum atomic E-state index is -1.17. The van der Waals surface area contributed by atoms with E-state index in [0.29, 0.717) is 11.3 Å². The van der Waals surface area contributed by atoms with Crippen LogP contribution in [-0.2, 0) is 0 Å². The fourth-order valence-electron chi connectivity index (χ4n) is 1.39. The molecule has 2 aromatic rings. The van der Waals surface area contributed by atoms with Crippen LogP contribution >= 0.6 is 0 Å². The maximum atomic E-state index is 10.7. The predicted molar refractivity (Wildman–Crippen MR) is 56.2 cm³/mol. The second-order valence-corrected chi connectivity index (χ2v) is 3.29. The summed E-state index contributed by atoms with van der Waals surface area (Å²) in [5.74, 6) is -1.04. The molecule has 17 heavy (non-hydrogen) atoms. The van der Waals surface area contributed by atoms with Gasteiger partial charge in [-0.1, -0.05) is 12.1 Å². The highest BCUT2D eigenvalue weighted by atomic mass is 16.6. The van der Waals surface area contributed by atoms with Gasteiger partial charge in [0.1, 0.15) is 5.76 Å². The summed E-state index contributed by atoms with van der Waals surface area (Å²) in [6.45, 7) is 0. The van der Waals surface area contributed by atoms with Gasteiger partial charge in [0, 0.05) is 17.7 Å². The van der Waals surface area contributed by atoms with Gasteiger partial charge in [0.25, 0.3) is 4.92 Å². The van der Waals surface area contributed by atoms with Crippen molar-refractivity contribution in [3.63, 3.8) is 0 Å². The van der Waals surface area contributed by atoms with Crippen LogP contribution in [0.15, 0.2) is 40.8 Å². The zero-order valence-electron chi connectivity index (χ0n) is 8.53. The Labute approximate surface area is 95.3 Å². The van der Waals surface area contributed by atoms with Crippen LogP contribution in [0.4, 0.5) is 5.69 Å². The third-order valence-corrected chi connectivity index (χ3v) is 2.17. The minimum absolute atomic E-state index is 0.0378. The lowest BCUT2D eigenvalue weighted by atomic mass is 10.1. The van der Waals surface area contributed by atoms with Crippen LogP contribution in [0, 0.1) is 4.91 Å². The van der Waals surface area contributed by atoms with Gasteiger partial charge in [0.05, 0.1) is 4.91 Å². The fourth-order valence-corrected chi connectivity index (χ4v) is 1.39. The van der Waals surface area contributed by atoms with Crippen molar-refractivity contribution in [2.75, 3.05) is 0 Å². The number of nitrogens with zero attached hydrogens (tertiary/aromatic N) is 1. The lowest BCUT2D eigenvalue weighted by Crippen LogP contribution is -1.92. The molecular weight excluding hydrogens is 226 g/mol. The molecule has 0 atom stereocenters. The topological polar surface area (TPSA) is 90.8 Å². The van der Waals surface area contributed by atoms with Gasteiger partial charge in [0.2, 0.25) is 5.76 Å². The molecule has 1 aromatic carbocycles. The molecule has 86 valence electrons. The van der Waals surface area contributed by atoms with Crippen molar-refractivity contribution < 1.29 is 24.4 Å². The van der Waals surface area contributed by atoms with Crippen LogP contribution in [0.3, 0.4) is 0 Å². The molecule has 1 heterocycles. The van der Waals surface area contributed by atoms with Crippen molar-refractivity contribution in [2.45, 2.75) is 0 Å². The number of aromatic carboxylic acids is 1. The van der Waals surface area contributed by atoms with E-state index in [1.807, 2.05) is 0 Å². The van der Waals surface area contributed by atoms with Crippen molar-refractivity contribution in [3.05, 3.63) is 47.1 Å². The molecule has 0 amide bonds. The maximum Gasteiger partial charge on any atom is 0.371 e. The van der Waals surface area contributed by atoms with Gasteiger partial charge < -0.3 is 9.52 Å². The summed E-state index contributed by atoms with van der Waals surface area (Å²) in [5, 5.41) is 17.4. The molecule has 0 bridgehead atoms. The Morgan fingerprint density at radius 1 is 1.24 bits per heavy atom. The van der Waals surface area contributed by atoms with E-state index in [4.69, 9.17) is 14.7 Å². The first-order valence-corrected chi connectivity index (χ1v) is 4.67. The van der Waals surface area contributed by atoms with E-state index in [0.717, 1.165) is 0 Å². The second-order valence-electron chi connectivity index (χ2n) is 3.29. The standard InChI is InChI=1S/C11H7NO5/c13-11(14)10-5-4-9(17-10)7-2-1-3-8(6-7)12(15)16/h1-6H,(H-,13,14,15,16)/p+1. The Morgan fingerprint density at radius 3 is 2.59 bits per heavy atom. The monoisotopic (exact) mass is 234 g/mol. The molecule has 0 aliphatic heterocycles. The van der Waals surface area contributed by atoms with Crippen molar-refractivity contribution in [3.8, 4) is 11.3 Å². The first-order chi connectivity index (χ1) is 8.08. The number of hydrogen-bond donors (Lipinski definition) is 2. The molecule has 1 aromatic heterocycles. The van der Waals surface area contributed by atoms with E-state index in [9.17, 15) is 9.70 Å². The van der Waals surface area contributed by atoms with E-state index in [1.165, 1.54) is 24.3 Å². The first-order valence-electron chi connectivity index (χ1n) is 4.67. The summed E-state index contributed by atoms with van der Waals surface area (Å²) in [6, 6.07) is 8.79. The molecule has 6 heteroatoms. The Balaban J connectivity index is 2.42. The zero-order valence-corrected chi connectivity index (χ0v) is 8.53. The highest BCUT2D eigenvalue weighted by Crippen LogP contribution is 2.25. The number of hydrogen-bond acceptors (Lipinski definition) is 3. The Hall–Kier alpha value is -2.63. The van der Waals surface area contributed by atoms with Gasteiger partial charge in [-0.3, -0.25) is 0 Å². The third kappa shape index (κ3) is 2.15. The normalized spacial score (nSPS) is 10.1. The number of carbonyl (C=O) groups is 1. The average Bonchev–Trinajstić information content (AvgIpc) is 2.78. The summed E-state index contributed by atoms with van der Waals surface area (Å²) >= 11 is 0. The van der Waals surface area contributed by atoms with Crippen molar-refractivity contribution >= 4 is 11.7 Å². The summed E-state index contributed by atoms with van der Waals surface area (Å²) in [5.41, 5.74) is 0.542. The van der Waals surface area contributed by atoms with Crippen LogP contribution in [-0.4, -0.2) is 21.2 Å². The SMILES string of the molecule is O=C(O)c1ccc(-c2cccc([N+](=O)O)c2)o1. The highest BCUT2D eigenvalue weighted by Gasteiger charge is 2.15. The molecule has 2 N–H and O–H groups in total. The highest BCUT2D eigenvalue weighted by molar-refractivity contribution is 5.85. The van der Waals surface area contributed by atoms with Gasteiger partial charge >= 0.3 is 11.7 Å². The number of benzene rings is 1. The van der Waals surface area contributed by atoms with Crippen LogP contribution < -0.4 is 0 Å². The van der Waals surface area contributed by atoms with Crippen molar-refractivity contribution in [2.24, 2.45) is 0 Å². The zero-order chi connectivity index (χ0) is 12.4. The fraction of sp³-hybridized carbons (Fsp3) is 0. The summed E-state index contributed by atoms with van der Waals surface area (Å²) in [4.78, 5) is 21.0. The molecule has 0 fully saturated rings. The summed E-state index contributed by atoms with van der Waals surface area (Å²) in [7, 11) is 0. The number of carboxylic acid groups (broad SMARTS) is 1. The van der Waals surface area contributed by atoms with E-state index >= 15 is 0 Å². The molecular formula is C11H8NO5+. The second kappa shape index (κ2) is 4.09. The Morgan fingerprint density at radius 2 is 2.00 bits per heavy atom. The van der Waals surface area contributed by atoms with E-state index in [-0.39, 0.29) is 16.4 Å². The lowest BCUT2D eigenvalue weighted by Gasteiger charge is -1.94. The maximum absolute atomic E-state index is 10.7. The smallest absolute Gasteiger partial charge is 0.371 e. The van der Waals surface area contributed by atoms with Crippen molar-refractivity contribution in [1.29, 1.82) is 0 Å². The van der Waals surface area contributed by atoms with Crippen LogP contribution in [0.2, 0.25) is 0 Å². The quantitative estimate of drug-likeness (QED) is 0.796. The van der Waals surface area contributed by atoms with E-state index in [1.54, 1.807) is 12.1 Å². The molecule has 0 spiro atoms. The molecule has 0 saturated heterocycles. The average molecular weight is 234 g/mol. The largest absolute Gasteiger partial charge is 0.475 e. The van der Waals surface area contributed by atoms with Crippen LogP contribution in [0.25, 0.3) is 11.3 Å². The lowest BCUT2D eigenvalue weighted by molar-refractivity contribution is -0.729. The van der Waals surface area contributed by atoms with Gasteiger partial charge in [-0.25, -0.2) is 10.0 Å². The van der Waals surface area contributed by atoms with Gasteiger partial charge in [0.15, 0.2) is 0 Å². The van der Waals surface area contributed by atoms with Crippen LogP contribution in [0.1, 0.15) is 10.6 Å². The molecule has 0 aliphatic rings. The summed E-state index contributed by atoms with van der Waals surface area (Å²) in [6.07, 6.45) is 0. The number of carboxylic acids is 1. The van der Waals surface area contributed by atoms with Gasteiger partial charge in [-0.05, 0) is 12.1 Å². The molecule has 0 radical (unpaired) electrons. The predicted octanol–water partition coefficient (Wildman–Crippen LogP) is 2.44. The third-order valence-electron chi connectivity index (χ3n) is 2.17. The molecule has 0 saturated carbocycles. The molecule has 6 nitrogen and oxygen atoms in total. The van der Waals surface area contributed by atoms with E-state index < -0.39 is 5.97 Å². The van der Waals surface area contributed by atoms with Crippen molar-refractivity contribution in [1.82, 2.24) is 0 Å². The molecule has 0 aliphatic carbocycles. The minimum Gasteiger partial charge on any atom is -0.475 e. The molecule has 0 unspecified atom stereocenters. The Bertz CT molecular complexity index is 587. The van der Waals surface area contributed by atoms with Gasteiger partial charge in [-0.2, -0.15) is 0 Å². The number of furan rings is 1. The summed E-state index contributed by atoms with van der Waals surface area (Å²) < 4.78 is 5.06. The van der Waals surface area contributed by atoms with Gasteiger partial charge in [-0.15, -0.1) is 0 Å². The van der Waals surface area contributed by atoms with E-state index in [2.05, 4.69) is 0 Å². The number of rotatable bonds is 3. The first kappa shape index (κ1) is 10.9.